The van der Waals surface area contributed by atoms with E-state index < -0.39 is 21.5 Å². The molecule has 0 bridgehead atoms. The Morgan fingerprint density at radius 1 is 1.53 bits per heavy atom. The van der Waals surface area contributed by atoms with E-state index in [1.807, 2.05) is 0 Å². The first kappa shape index (κ1) is 13.2. The second-order valence-electron chi connectivity index (χ2n) is 3.87. The predicted molar refractivity (Wildman–Crippen MR) is 63.0 cm³/mol. The Morgan fingerprint density at radius 2 is 2.21 bits per heavy atom. The quantitative estimate of drug-likeness (QED) is 0.526. The highest BCUT2D eigenvalue weighted by atomic mass is 32.2. The fourth-order valence-corrected chi connectivity index (χ4v) is 2.36. The lowest BCUT2D eigenvalue weighted by Crippen LogP contribution is -2.26. The lowest BCUT2D eigenvalue weighted by atomic mass is 10.1. The SMILES string of the molecule is NC(=O)N=Nc1cc2c(cc1O)NC(S(=O)(=O)[O-])C2. The third-order valence-electron chi connectivity index (χ3n) is 2.53. The summed E-state index contributed by atoms with van der Waals surface area (Å²) in [5, 5.41) is 17.3. The molecule has 0 saturated heterocycles. The van der Waals surface area contributed by atoms with Crippen LogP contribution < -0.4 is 11.1 Å². The second kappa shape index (κ2) is 4.48. The smallest absolute Gasteiger partial charge is 0.356 e. The van der Waals surface area contributed by atoms with E-state index in [0.717, 1.165) is 0 Å². The zero-order chi connectivity index (χ0) is 14.2. The van der Waals surface area contributed by atoms with Gasteiger partial charge in [-0.05, 0) is 11.6 Å². The van der Waals surface area contributed by atoms with Crippen LogP contribution in [0, 0.1) is 0 Å². The summed E-state index contributed by atoms with van der Waals surface area (Å²) in [6.45, 7) is 0. The molecule has 0 aliphatic carbocycles. The van der Waals surface area contributed by atoms with Crippen molar-refractivity contribution in [3.63, 3.8) is 0 Å². The van der Waals surface area contributed by atoms with Crippen molar-refractivity contribution in [3.8, 4) is 5.75 Å². The van der Waals surface area contributed by atoms with E-state index in [9.17, 15) is 22.9 Å². The number of aromatic hydroxyl groups is 1. The zero-order valence-corrected chi connectivity index (χ0v) is 10.2. The summed E-state index contributed by atoms with van der Waals surface area (Å²) in [5.74, 6) is -0.319. The number of anilines is 1. The Balaban J connectivity index is 2.35. The van der Waals surface area contributed by atoms with E-state index >= 15 is 0 Å². The number of urea groups is 1. The second-order valence-corrected chi connectivity index (χ2v) is 5.42. The van der Waals surface area contributed by atoms with Crippen molar-refractivity contribution in [3.05, 3.63) is 17.7 Å². The maximum atomic E-state index is 10.9. The number of primary amides is 1. The largest absolute Gasteiger partial charge is 0.746 e. The number of carbonyl (C=O) groups is 1. The molecule has 0 spiro atoms. The molecular weight excluding hydrogens is 276 g/mol. The summed E-state index contributed by atoms with van der Waals surface area (Å²) in [7, 11) is -4.49. The number of nitrogens with one attached hydrogen (secondary N) is 1. The van der Waals surface area contributed by atoms with E-state index in [1.165, 1.54) is 12.1 Å². The van der Waals surface area contributed by atoms with Crippen LogP contribution in [0.3, 0.4) is 0 Å². The van der Waals surface area contributed by atoms with Crippen LogP contribution >= 0.6 is 0 Å². The molecule has 102 valence electrons. The number of nitrogens with zero attached hydrogens (tertiary/aromatic N) is 2. The monoisotopic (exact) mass is 285 g/mol. The normalized spacial score (nSPS) is 18.3. The van der Waals surface area contributed by atoms with Gasteiger partial charge in [-0.2, -0.15) is 0 Å². The molecule has 2 rings (SSSR count). The molecule has 0 saturated carbocycles. The third-order valence-corrected chi connectivity index (χ3v) is 3.51. The molecule has 1 aromatic rings. The molecule has 2 amide bonds. The number of phenols is 1. The Labute approximate surface area is 107 Å². The molecule has 1 atom stereocenters. The zero-order valence-electron chi connectivity index (χ0n) is 9.40. The molecule has 10 heteroatoms. The van der Waals surface area contributed by atoms with Crippen molar-refractivity contribution in [1.82, 2.24) is 0 Å². The number of benzene rings is 1. The van der Waals surface area contributed by atoms with Crippen molar-refractivity contribution < 1.29 is 22.9 Å². The van der Waals surface area contributed by atoms with Crippen molar-refractivity contribution in [2.24, 2.45) is 16.0 Å². The molecule has 19 heavy (non-hydrogen) atoms. The Kier molecular flexibility index (Phi) is 3.12. The maximum absolute atomic E-state index is 10.9. The van der Waals surface area contributed by atoms with Gasteiger partial charge in [0, 0.05) is 18.2 Å². The number of hydrogen-bond donors (Lipinski definition) is 3. The number of carbonyl (C=O) groups excluding carboxylic acids is 1. The van der Waals surface area contributed by atoms with Gasteiger partial charge in [-0.1, -0.05) is 5.11 Å². The standard InChI is InChI=1S/C9H10N4O5S/c10-9(15)13-12-6-1-4-2-8(19(16,17)18)11-5(4)3-7(6)14/h1,3,8,11,14H,2H2,(H2,10,15)(H,16,17,18)/p-1. The number of azo groups is 1. The third kappa shape index (κ3) is 2.80. The van der Waals surface area contributed by atoms with Crippen LogP contribution in [0.15, 0.2) is 22.4 Å². The first-order valence-corrected chi connectivity index (χ1v) is 6.53. The lowest BCUT2D eigenvalue weighted by molar-refractivity contribution is 0.255. The number of nitrogens with two attached hydrogens (primary N) is 1. The van der Waals surface area contributed by atoms with Gasteiger partial charge in [0.1, 0.15) is 26.9 Å². The average molecular weight is 285 g/mol. The van der Waals surface area contributed by atoms with Crippen LogP contribution in [0.4, 0.5) is 16.2 Å². The Morgan fingerprint density at radius 3 is 2.79 bits per heavy atom. The number of rotatable bonds is 2. The maximum Gasteiger partial charge on any atom is 0.356 e. The fraction of sp³-hybridized carbons (Fsp3) is 0.222. The number of phenolic OH excluding ortho intramolecular Hbond substituents is 1. The van der Waals surface area contributed by atoms with Gasteiger partial charge in [-0.15, -0.1) is 5.11 Å². The van der Waals surface area contributed by atoms with Crippen LogP contribution in [-0.4, -0.2) is 29.5 Å². The Hall–Kier alpha value is -2.20. The van der Waals surface area contributed by atoms with E-state index in [1.54, 1.807) is 0 Å². The van der Waals surface area contributed by atoms with Gasteiger partial charge in [0.05, 0.1) is 0 Å². The van der Waals surface area contributed by atoms with Crippen LogP contribution in [0.1, 0.15) is 5.56 Å². The van der Waals surface area contributed by atoms with Crippen molar-refractivity contribution in [2.45, 2.75) is 11.8 Å². The first-order chi connectivity index (χ1) is 8.77. The van der Waals surface area contributed by atoms with E-state index in [-0.39, 0.29) is 17.9 Å². The molecule has 1 aliphatic rings. The minimum Gasteiger partial charge on any atom is -0.746 e. The van der Waals surface area contributed by atoms with Crippen molar-refractivity contribution in [1.29, 1.82) is 0 Å². The molecule has 1 unspecified atom stereocenters. The van der Waals surface area contributed by atoms with Gasteiger partial charge in [-0.25, -0.2) is 13.2 Å². The summed E-state index contributed by atoms with van der Waals surface area (Å²) >= 11 is 0. The van der Waals surface area contributed by atoms with Gasteiger partial charge in [0.2, 0.25) is 0 Å². The van der Waals surface area contributed by atoms with E-state index in [2.05, 4.69) is 15.5 Å². The molecular formula is C9H9N4O5S-. The molecule has 1 aromatic carbocycles. The van der Waals surface area contributed by atoms with Crippen molar-refractivity contribution >= 4 is 27.5 Å². The fourth-order valence-electron chi connectivity index (χ4n) is 1.71. The van der Waals surface area contributed by atoms with Gasteiger partial charge < -0.3 is 20.7 Å². The summed E-state index contributed by atoms with van der Waals surface area (Å²) in [4.78, 5) is 10.4. The lowest BCUT2D eigenvalue weighted by Gasteiger charge is -2.15. The Bertz CT molecular complexity index is 669. The number of hydrogen-bond acceptors (Lipinski definition) is 7. The van der Waals surface area contributed by atoms with Crippen LogP contribution in [-0.2, 0) is 16.5 Å². The molecule has 1 aliphatic heterocycles. The number of fused-ring (bicyclic) bond motifs is 1. The van der Waals surface area contributed by atoms with Gasteiger partial charge in [-0.3, -0.25) is 0 Å². The topological polar surface area (TPSA) is 157 Å². The van der Waals surface area contributed by atoms with Gasteiger partial charge in [0.25, 0.3) is 0 Å². The average Bonchev–Trinajstić information content (AvgIpc) is 2.68. The molecule has 0 fully saturated rings. The number of amides is 2. The molecule has 9 nitrogen and oxygen atoms in total. The van der Waals surface area contributed by atoms with Gasteiger partial charge >= 0.3 is 6.03 Å². The summed E-state index contributed by atoms with van der Waals surface area (Å²) < 4.78 is 32.7. The highest BCUT2D eigenvalue weighted by Crippen LogP contribution is 2.37. The van der Waals surface area contributed by atoms with Crippen LogP contribution in [0.2, 0.25) is 0 Å². The van der Waals surface area contributed by atoms with E-state index in [4.69, 9.17) is 5.73 Å². The van der Waals surface area contributed by atoms with Gasteiger partial charge in [0.15, 0.2) is 0 Å². The summed E-state index contributed by atoms with van der Waals surface area (Å²) in [5.41, 5.74) is 5.52. The van der Waals surface area contributed by atoms with Crippen LogP contribution in [0.5, 0.6) is 5.75 Å². The predicted octanol–water partition coefficient (Wildman–Crippen LogP) is 0.394. The molecule has 4 N–H and O–H groups in total. The summed E-state index contributed by atoms with van der Waals surface area (Å²) in [6.07, 6.45) is -0.0550. The highest BCUT2D eigenvalue weighted by molar-refractivity contribution is 7.86. The minimum absolute atomic E-state index is 0.0386. The first-order valence-electron chi connectivity index (χ1n) is 5.05. The van der Waals surface area contributed by atoms with Crippen LogP contribution in [0.25, 0.3) is 0 Å². The molecule has 0 radical (unpaired) electrons. The van der Waals surface area contributed by atoms with E-state index in [0.29, 0.717) is 11.3 Å². The highest BCUT2D eigenvalue weighted by Gasteiger charge is 2.26. The molecule has 0 aromatic heterocycles. The minimum atomic E-state index is -4.49. The molecule has 1 heterocycles. The van der Waals surface area contributed by atoms with Crippen molar-refractivity contribution in [2.75, 3.05) is 5.32 Å². The summed E-state index contributed by atoms with van der Waals surface area (Å²) in [6, 6.07) is 1.50.